The molecule has 4 rings (SSSR count). The van der Waals surface area contributed by atoms with Gasteiger partial charge in [-0.05, 0) is 41.6 Å². The van der Waals surface area contributed by atoms with Crippen LogP contribution in [0.25, 0.3) is 11.4 Å². The van der Waals surface area contributed by atoms with E-state index >= 15 is 0 Å². The Labute approximate surface area is 160 Å². The maximum absolute atomic E-state index is 13.9. The molecule has 0 spiro atoms. The minimum Gasteiger partial charge on any atom is -0.366 e. The molecule has 1 amide bonds. The van der Waals surface area contributed by atoms with E-state index in [9.17, 15) is 13.6 Å². The van der Waals surface area contributed by atoms with Crippen LogP contribution in [0.3, 0.4) is 0 Å². The number of halogens is 2. The van der Waals surface area contributed by atoms with Crippen molar-refractivity contribution >= 4 is 11.6 Å². The van der Waals surface area contributed by atoms with Crippen LogP contribution in [0.2, 0.25) is 0 Å². The number of tetrazole rings is 1. The van der Waals surface area contributed by atoms with E-state index in [1.54, 1.807) is 35.2 Å². The monoisotopic (exact) mass is 384 g/mol. The molecule has 0 unspecified atom stereocenters. The number of rotatable bonds is 4. The maximum Gasteiger partial charge on any atom is 0.246 e. The number of anilines is 1. The maximum atomic E-state index is 13.9. The molecule has 0 radical (unpaired) electrons. The molecule has 1 saturated heterocycles. The molecule has 0 N–H and O–H groups in total. The topological polar surface area (TPSA) is 67.2 Å². The molecule has 1 aliphatic heterocycles. The van der Waals surface area contributed by atoms with Gasteiger partial charge in [-0.25, -0.2) is 8.78 Å². The summed E-state index contributed by atoms with van der Waals surface area (Å²) in [5.74, 6) is -0.406. The first kappa shape index (κ1) is 18.0. The van der Waals surface area contributed by atoms with Gasteiger partial charge in [-0.2, -0.15) is 4.80 Å². The van der Waals surface area contributed by atoms with Crippen molar-refractivity contribution in [3.63, 3.8) is 0 Å². The quantitative estimate of drug-likeness (QED) is 0.688. The lowest BCUT2D eigenvalue weighted by Gasteiger charge is -2.36. The van der Waals surface area contributed by atoms with Gasteiger partial charge in [0.25, 0.3) is 0 Å². The lowest BCUT2D eigenvalue weighted by molar-refractivity contribution is -0.132. The van der Waals surface area contributed by atoms with E-state index in [-0.39, 0.29) is 24.1 Å². The van der Waals surface area contributed by atoms with Gasteiger partial charge >= 0.3 is 0 Å². The molecule has 3 aromatic rings. The molecule has 0 bridgehead atoms. The molecular formula is C19H18F2N6O. The fraction of sp³-hybridized carbons (Fsp3) is 0.263. The molecule has 1 aromatic heterocycles. The summed E-state index contributed by atoms with van der Waals surface area (Å²) < 4.78 is 26.9. The van der Waals surface area contributed by atoms with Crippen LogP contribution in [0.5, 0.6) is 0 Å². The van der Waals surface area contributed by atoms with Crippen LogP contribution in [0.4, 0.5) is 14.5 Å². The Morgan fingerprint density at radius 3 is 2.39 bits per heavy atom. The molecule has 28 heavy (non-hydrogen) atoms. The second-order valence-corrected chi connectivity index (χ2v) is 6.47. The van der Waals surface area contributed by atoms with Gasteiger partial charge in [-0.1, -0.05) is 12.1 Å². The van der Waals surface area contributed by atoms with Crippen molar-refractivity contribution in [1.82, 2.24) is 25.1 Å². The van der Waals surface area contributed by atoms with Gasteiger partial charge in [0, 0.05) is 31.7 Å². The summed E-state index contributed by atoms with van der Waals surface area (Å²) in [6, 6.07) is 12.4. The molecule has 1 fully saturated rings. The lowest BCUT2D eigenvalue weighted by Crippen LogP contribution is -2.50. The zero-order valence-corrected chi connectivity index (χ0v) is 15.0. The van der Waals surface area contributed by atoms with Crippen molar-refractivity contribution in [2.75, 3.05) is 31.1 Å². The first-order valence-corrected chi connectivity index (χ1v) is 8.91. The van der Waals surface area contributed by atoms with Gasteiger partial charge in [-0.3, -0.25) is 4.79 Å². The fourth-order valence-corrected chi connectivity index (χ4v) is 3.15. The summed E-state index contributed by atoms with van der Waals surface area (Å²) in [4.78, 5) is 17.4. The normalized spacial score (nSPS) is 14.4. The van der Waals surface area contributed by atoms with E-state index in [4.69, 9.17) is 0 Å². The number of amides is 1. The van der Waals surface area contributed by atoms with E-state index in [0.29, 0.717) is 43.3 Å². The minimum atomic E-state index is -0.346. The van der Waals surface area contributed by atoms with Crippen molar-refractivity contribution in [2.24, 2.45) is 0 Å². The first-order valence-electron chi connectivity index (χ1n) is 8.91. The molecule has 2 heterocycles. The zero-order chi connectivity index (χ0) is 19.5. The third kappa shape index (κ3) is 3.83. The van der Waals surface area contributed by atoms with Crippen LogP contribution in [-0.4, -0.2) is 57.2 Å². The smallest absolute Gasteiger partial charge is 0.246 e. The Kier molecular flexibility index (Phi) is 4.96. The number of piperazine rings is 1. The van der Waals surface area contributed by atoms with Crippen molar-refractivity contribution < 1.29 is 13.6 Å². The highest BCUT2D eigenvalue weighted by atomic mass is 19.1. The van der Waals surface area contributed by atoms with Gasteiger partial charge in [0.1, 0.15) is 18.2 Å². The van der Waals surface area contributed by atoms with Crippen molar-refractivity contribution in [3.05, 3.63) is 60.2 Å². The van der Waals surface area contributed by atoms with E-state index in [1.807, 2.05) is 4.90 Å². The zero-order valence-electron chi connectivity index (χ0n) is 15.0. The van der Waals surface area contributed by atoms with Crippen molar-refractivity contribution in [3.8, 4) is 11.4 Å². The summed E-state index contributed by atoms with van der Waals surface area (Å²) in [6.45, 7) is 2.06. The van der Waals surface area contributed by atoms with Crippen molar-refractivity contribution in [1.29, 1.82) is 0 Å². The Morgan fingerprint density at radius 2 is 1.68 bits per heavy atom. The molecule has 9 heteroatoms. The molecular weight excluding hydrogens is 366 g/mol. The summed E-state index contributed by atoms with van der Waals surface area (Å²) >= 11 is 0. The third-order valence-electron chi connectivity index (χ3n) is 4.66. The van der Waals surface area contributed by atoms with Crippen LogP contribution in [0.15, 0.2) is 48.5 Å². The van der Waals surface area contributed by atoms with E-state index < -0.39 is 0 Å². The molecule has 2 aromatic carbocycles. The van der Waals surface area contributed by atoms with Gasteiger partial charge < -0.3 is 9.80 Å². The first-order chi connectivity index (χ1) is 13.6. The van der Waals surface area contributed by atoms with Crippen LogP contribution < -0.4 is 4.90 Å². The predicted molar refractivity (Wildman–Crippen MR) is 98.4 cm³/mol. The summed E-state index contributed by atoms with van der Waals surface area (Å²) in [5.41, 5.74) is 1.18. The van der Waals surface area contributed by atoms with Gasteiger partial charge in [0.15, 0.2) is 0 Å². The lowest BCUT2D eigenvalue weighted by atomic mass is 10.2. The van der Waals surface area contributed by atoms with Crippen LogP contribution in [0, 0.1) is 11.6 Å². The van der Waals surface area contributed by atoms with Crippen LogP contribution in [0.1, 0.15) is 0 Å². The second kappa shape index (κ2) is 7.71. The molecule has 1 aliphatic rings. The highest BCUT2D eigenvalue weighted by Crippen LogP contribution is 2.20. The van der Waals surface area contributed by atoms with E-state index in [2.05, 4.69) is 15.4 Å². The van der Waals surface area contributed by atoms with Gasteiger partial charge in [-0.15, -0.1) is 10.2 Å². The third-order valence-corrected chi connectivity index (χ3v) is 4.66. The minimum absolute atomic E-state index is 0.0338. The fourth-order valence-electron chi connectivity index (χ4n) is 3.15. The predicted octanol–water partition coefficient (Wildman–Crippen LogP) is 1.97. The molecule has 7 nitrogen and oxygen atoms in total. The summed E-state index contributed by atoms with van der Waals surface area (Å²) in [7, 11) is 0. The largest absolute Gasteiger partial charge is 0.366 e. The average molecular weight is 384 g/mol. The summed E-state index contributed by atoms with van der Waals surface area (Å²) in [6.07, 6.45) is 0. The highest BCUT2D eigenvalue weighted by Gasteiger charge is 2.23. The summed E-state index contributed by atoms with van der Waals surface area (Å²) in [5, 5.41) is 12.0. The van der Waals surface area contributed by atoms with Crippen LogP contribution in [-0.2, 0) is 11.3 Å². The molecule has 144 valence electrons. The number of aromatic nitrogens is 4. The number of benzene rings is 2. The molecule has 0 saturated carbocycles. The number of para-hydroxylation sites is 1. The SMILES string of the molecule is O=C(Cn1nnc(-c2ccc(F)cc2)n1)N1CCN(c2ccccc2F)CC1. The van der Waals surface area contributed by atoms with Gasteiger partial charge in [0.2, 0.25) is 11.7 Å². The van der Waals surface area contributed by atoms with Gasteiger partial charge in [0.05, 0.1) is 5.69 Å². The van der Waals surface area contributed by atoms with Crippen molar-refractivity contribution in [2.45, 2.75) is 6.54 Å². The number of nitrogens with zero attached hydrogens (tertiary/aromatic N) is 6. The number of carbonyl (C=O) groups excluding carboxylic acids is 1. The van der Waals surface area contributed by atoms with E-state index in [0.717, 1.165) is 0 Å². The Morgan fingerprint density at radius 1 is 0.964 bits per heavy atom. The standard InChI is InChI=1S/C19H18F2N6O/c20-15-7-5-14(6-8-15)19-22-24-27(23-19)13-18(28)26-11-9-25(10-12-26)17-4-2-1-3-16(17)21/h1-8H,9-13H2. The Hall–Kier alpha value is -3.36. The Bertz CT molecular complexity index is 967. The molecule has 0 aliphatic carbocycles. The second-order valence-electron chi connectivity index (χ2n) is 6.47. The number of hydrogen-bond acceptors (Lipinski definition) is 5. The Balaban J connectivity index is 1.35. The molecule has 0 atom stereocenters. The highest BCUT2D eigenvalue weighted by molar-refractivity contribution is 5.76. The van der Waals surface area contributed by atoms with Crippen LogP contribution >= 0.6 is 0 Å². The van der Waals surface area contributed by atoms with E-state index in [1.165, 1.54) is 23.0 Å². The number of carbonyl (C=O) groups is 1. The number of hydrogen-bond donors (Lipinski definition) is 0. The average Bonchev–Trinajstić information content (AvgIpc) is 3.17.